The van der Waals surface area contributed by atoms with Crippen LogP contribution < -0.4 is 15.5 Å². The van der Waals surface area contributed by atoms with E-state index in [0.717, 1.165) is 18.8 Å². The molecule has 0 aliphatic rings. The van der Waals surface area contributed by atoms with Crippen molar-refractivity contribution in [3.05, 3.63) is 42.2 Å². The van der Waals surface area contributed by atoms with E-state index in [4.69, 9.17) is 0 Å². The quantitative estimate of drug-likeness (QED) is 0.840. The van der Waals surface area contributed by atoms with Gasteiger partial charge in [-0.2, -0.15) is 0 Å². The Morgan fingerprint density at radius 1 is 1.08 bits per heavy atom. The van der Waals surface area contributed by atoms with Gasteiger partial charge in [-0.3, -0.25) is 4.79 Å². The van der Waals surface area contributed by atoms with E-state index in [1.807, 2.05) is 32.9 Å². The third kappa shape index (κ3) is 5.45. The summed E-state index contributed by atoms with van der Waals surface area (Å²) in [5, 5.41) is 6.04. The van der Waals surface area contributed by atoms with Gasteiger partial charge < -0.3 is 15.5 Å². The van der Waals surface area contributed by atoms with Crippen LogP contribution in [0.2, 0.25) is 0 Å². The fourth-order valence-electron chi connectivity index (χ4n) is 2.42. The molecule has 0 bridgehead atoms. The number of nitrogens with one attached hydrogen (secondary N) is 2. The third-order valence-electron chi connectivity index (χ3n) is 3.63. The zero-order valence-corrected chi connectivity index (χ0v) is 15.6. The van der Waals surface area contributed by atoms with E-state index < -0.39 is 0 Å². The van der Waals surface area contributed by atoms with Crippen LogP contribution in [0.15, 0.2) is 36.5 Å². The maximum Gasteiger partial charge on any atom is 0.270 e. The average Bonchev–Trinajstić information content (AvgIpc) is 2.56. The summed E-state index contributed by atoms with van der Waals surface area (Å²) in [6.45, 7) is 12.0. The number of hydrogen-bond donors (Lipinski definition) is 2. The molecule has 1 amide bonds. The van der Waals surface area contributed by atoms with E-state index in [0.29, 0.717) is 11.6 Å². The number of anilines is 3. The van der Waals surface area contributed by atoms with Gasteiger partial charge in [0, 0.05) is 36.2 Å². The highest BCUT2D eigenvalue weighted by Gasteiger charge is 2.16. The number of carbonyl (C=O) groups is 1. The maximum atomic E-state index is 12.2. The van der Waals surface area contributed by atoms with Gasteiger partial charge in [0.2, 0.25) is 5.95 Å². The molecular formula is C19H27N5O. The van der Waals surface area contributed by atoms with E-state index in [1.54, 1.807) is 12.3 Å². The Morgan fingerprint density at radius 2 is 1.72 bits per heavy atom. The minimum Gasteiger partial charge on any atom is -0.372 e. The number of carbonyl (C=O) groups excluding carboxylic acids is 1. The highest BCUT2D eigenvalue weighted by Crippen LogP contribution is 2.19. The van der Waals surface area contributed by atoms with Crippen LogP contribution in [-0.4, -0.2) is 34.5 Å². The Bertz CT molecular complexity index is 702. The van der Waals surface area contributed by atoms with Crippen LogP contribution in [0.1, 0.15) is 45.1 Å². The zero-order valence-electron chi connectivity index (χ0n) is 15.6. The van der Waals surface area contributed by atoms with Crippen molar-refractivity contribution >= 4 is 23.2 Å². The lowest BCUT2D eigenvalue weighted by molar-refractivity contribution is 0.0914. The number of rotatable bonds is 6. The molecule has 25 heavy (non-hydrogen) atoms. The molecule has 134 valence electrons. The molecule has 6 nitrogen and oxygen atoms in total. The molecule has 2 rings (SSSR count). The maximum absolute atomic E-state index is 12.2. The number of nitrogens with zero attached hydrogens (tertiary/aromatic N) is 3. The van der Waals surface area contributed by atoms with Gasteiger partial charge in [-0.1, -0.05) is 0 Å². The minimum absolute atomic E-state index is 0.213. The fourth-order valence-corrected chi connectivity index (χ4v) is 2.42. The highest BCUT2D eigenvalue weighted by molar-refractivity contribution is 5.92. The van der Waals surface area contributed by atoms with Crippen LogP contribution >= 0.6 is 0 Å². The molecule has 6 heteroatoms. The monoisotopic (exact) mass is 341 g/mol. The summed E-state index contributed by atoms with van der Waals surface area (Å²) >= 11 is 0. The molecule has 0 unspecified atom stereocenters. The number of benzene rings is 1. The summed E-state index contributed by atoms with van der Waals surface area (Å²) in [5.74, 6) is 0.187. The van der Waals surface area contributed by atoms with Crippen molar-refractivity contribution in [3.63, 3.8) is 0 Å². The van der Waals surface area contributed by atoms with Crippen molar-refractivity contribution in [1.82, 2.24) is 15.3 Å². The predicted octanol–water partition coefficient (Wildman–Crippen LogP) is 3.59. The standard InChI is InChI=1S/C19H27N5O/c1-6-24(7-2)15-10-8-14(9-11-15)21-18-20-13-12-16(22-18)17(25)23-19(3,4)5/h8-13H,6-7H2,1-5H3,(H,23,25)(H,20,21,22). The summed E-state index contributed by atoms with van der Waals surface area (Å²) in [6.07, 6.45) is 1.58. The molecule has 1 heterocycles. The Morgan fingerprint density at radius 3 is 2.28 bits per heavy atom. The SMILES string of the molecule is CCN(CC)c1ccc(Nc2nccc(C(=O)NC(C)(C)C)n2)cc1. The highest BCUT2D eigenvalue weighted by atomic mass is 16.2. The summed E-state index contributed by atoms with van der Waals surface area (Å²) in [5.41, 5.74) is 2.09. The second-order valence-corrected chi connectivity index (χ2v) is 6.81. The van der Waals surface area contributed by atoms with E-state index >= 15 is 0 Å². The largest absolute Gasteiger partial charge is 0.372 e. The van der Waals surface area contributed by atoms with Crippen molar-refractivity contribution in [2.75, 3.05) is 23.3 Å². The molecular weight excluding hydrogens is 314 g/mol. The predicted molar refractivity (Wildman–Crippen MR) is 103 cm³/mol. The van der Waals surface area contributed by atoms with Gasteiger partial charge in [-0.25, -0.2) is 9.97 Å². The Kier molecular flexibility index (Phi) is 5.96. The van der Waals surface area contributed by atoms with Crippen molar-refractivity contribution in [2.24, 2.45) is 0 Å². The van der Waals surface area contributed by atoms with E-state index in [2.05, 4.69) is 51.5 Å². The van der Waals surface area contributed by atoms with Crippen LogP contribution in [0.25, 0.3) is 0 Å². The third-order valence-corrected chi connectivity index (χ3v) is 3.63. The molecule has 0 spiro atoms. The smallest absolute Gasteiger partial charge is 0.270 e. The molecule has 1 aromatic carbocycles. The Balaban J connectivity index is 2.10. The molecule has 0 fully saturated rings. The topological polar surface area (TPSA) is 70.2 Å². The summed E-state index contributed by atoms with van der Waals surface area (Å²) in [4.78, 5) is 23.0. The second-order valence-electron chi connectivity index (χ2n) is 6.81. The molecule has 0 radical (unpaired) electrons. The number of amides is 1. The normalized spacial score (nSPS) is 11.1. The minimum atomic E-state index is -0.310. The second kappa shape index (κ2) is 7.96. The first-order chi connectivity index (χ1) is 11.8. The molecule has 0 aliphatic carbocycles. The lowest BCUT2D eigenvalue weighted by atomic mass is 10.1. The average molecular weight is 341 g/mol. The molecule has 0 saturated carbocycles. The molecule has 1 aromatic heterocycles. The number of hydrogen-bond acceptors (Lipinski definition) is 5. The summed E-state index contributed by atoms with van der Waals surface area (Å²) < 4.78 is 0. The van der Waals surface area contributed by atoms with E-state index in [9.17, 15) is 4.79 Å². The van der Waals surface area contributed by atoms with Crippen LogP contribution in [0.3, 0.4) is 0 Å². The molecule has 0 saturated heterocycles. The van der Waals surface area contributed by atoms with Crippen molar-refractivity contribution in [1.29, 1.82) is 0 Å². The van der Waals surface area contributed by atoms with Gasteiger partial charge in [-0.15, -0.1) is 0 Å². The molecule has 2 aromatic rings. The van der Waals surface area contributed by atoms with Gasteiger partial charge in [0.25, 0.3) is 5.91 Å². The molecule has 2 N–H and O–H groups in total. The van der Waals surface area contributed by atoms with E-state index in [1.165, 1.54) is 5.69 Å². The van der Waals surface area contributed by atoms with Gasteiger partial charge >= 0.3 is 0 Å². The fraction of sp³-hybridized carbons (Fsp3) is 0.421. The Labute approximate surface area is 149 Å². The summed E-state index contributed by atoms with van der Waals surface area (Å²) in [7, 11) is 0. The lowest BCUT2D eigenvalue weighted by Gasteiger charge is -2.21. The molecule has 0 aliphatic heterocycles. The van der Waals surface area contributed by atoms with Crippen molar-refractivity contribution in [2.45, 2.75) is 40.2 Å². The zero-order chi connectivity index (χ0) is 18.4. The van der Waals surface area contributed by atoms with E-state index in [-0.39, 0.29) is 11.4 Å². The molecule has 0 atom stereocenters. The van der Waals surface area contributed by atoms with Gasteiger partial charge in [0.15, 0.2) is 0 Å². The van der Waals surface area contributed by atoms with Crippen molar-refractivity contribution < 1.29 is 4.79 Å². The van der Waals surface area contributed by atoms with Gasteiger partial charge in [-0.05, 0) is 65.0 Å². The van der Waals surface area contributed by atoms with Crippen LogP contribution in [0, 0.1) is 0 Å². The first kappa shape index (κ1) is 18.7. The van der Waals surface area contributed by atoms with Crippen LogP contribution in [0.5, 0.6) is 0 Å². The summed E-state index contributed by atoms with van der Waals surface area (Å²) in [6, 6.07) is 9.70. The lowest BCUT2D eigenvalue weighted by Crippen LogP contribution is -2.41. The first-order valence-electron chi connectivity index (χ1n) is 8.60. The van der Waals surface area contributed by atoms with Crippen molar-refractivity contribution in [3.8, 4) is 0 Å². The van der Waals surface area contributed by atoms with Gasteiger partial charge in [0.1, 0.15) is 5.69 Å². The van der Waals surface area contributed by atoms with Crippen LogP contribution in [-0.2, 0) is 0 Å². The Hall–Kier alpha value is -2.63. The first-order valence-corrected chi connectivity index (χ1v) is 8.60. The van der Waals surface area contributed by atoms with Crippen LogP contribution in [0.4, 0.5) is 17.3 Å². The van der Waals surface area contributed by atoms with Gasteiger partial charge in [0.05, 0.1) is 0 Å². The number of aromatic nitrogens is 2.